The molecule has 9 heteroatoms. The van der Waals surface area contributed by atoms with E-state index in [-0.39, 0.29) is 11.5 Å². The Morgan fingerprint density at radius 1 is 1.11 bits per heavy atom. The minimum absolute atomic E-state index is 0.135. The van der Waals surface area contributed by atoms with E-state index < -0.39 is 0 Å². The molecule has 1 aliphatic heterocycles. The Kier molecular flexibility index (Phi) is 7.33. The number of aromatic nitrogens is 4. The second-order valence-corrected chi connectivity index (χ2v) is 11.0. The van der Waals surface area contributed by atoms with Gasteiger partial charge in [-0.15, -0.1) is 0 Å². The summed E-state index contributed by atoms with van der Waals surface area (Å²) in [6, 6.07) is 8.07. The molecule has 2 N–H and O–H groups in total. The highest BCUT2D eigenvalue weighted by Gasteiger charge is 2.35. The molecule has 0 atom stereocenters. The van der Waals surface area contributed by atoms with Crippen LogP contribution in [-0.4, -0.2) is 68.9 Å². The number of ether oxygens (including phenoxy) is 1. The molecule has 0 radical (unpaired) electrons. The van der Waals surface area contributed by atoms with Crippen molar-refractivity contribution in [1.82, 2.24) is 24.6 Å². The van der Waals surface area contributed by atoms with Gasteiger partial charge in [0.2, 0.25) is 5.91 Å². The molecule has 9 nitrogen and oxygen atoms in total. The van der Waals surface area contributed by atoms with E-state index in [9.17, 15) is 4.79 Å². The van der Waals surface area contributed by atoms with Gasteiger partial charge in [0.05, 0.1) is 24.7 Å². The van der Waals surface area contributed by atoms with Crippen LogP contribution >= 0.6 is 0 Å². The smallest absolute Gasteiger partial charge is 0.225 e. The molecule has 2 aliphatic rings. The van der Waals surface area contributed by atoms with Gasteiger partial charge in [-0.1, -0.05) is 12.1 Å². The molecular formula is C28H39N7O2. The molecular weight excluding hydrogens is 466 g/mol. The lowest BCUT2D eigenvalue weighted by Gasteiger charge is -2.40. The Balaban J connectivity index is 1.22. The van der Waals surface area contributed by atoms with Crippen molar-refractivity contribution in [2.24, 2.45) is 17.6 Å². The van der Waals surface area contributed by atoms with E-state index in [1.54, 1.807) is 6.33 Å². The molecule has 37 heavy (non-hydrogen) atoms. The summed E-state index contributed by atoms with van der Waals surface area (Å²) in [5, 5.41) is 5.56. The number of piperazine rings is 1. The van der Waals surface area contributed by atoms with E-state index in [1.807, 2.05) is 40.9 Å². The van der Waals surface area contributed by atoms with Crippen molar-refractivity contribution in [2.45, 2.75) is 58.5 Å². The van der Waals surface area contributed by atoms with Crippen molar-refractivity contribution in [2.75, 3.05) is 37.7 Å². The molecule has 1 aliphatic carbocycles. The lowest BCUT2D eigenvalue weighted by Crippen LogP contribution is -2.51. The fourth-order valence-corrected chi connectivity index (χ4v) is 5.80. The second-order valence-electron chi connectivity index (χ2n) is 11.0. The molecule has 2 fully saturated rings. The Labute approximate surface area is 219 Å². The standard InChI is InChI=1S/C28H39N7O2/c1-4-37-23-7-5-6-20(16-23)18-35-26-24(17-32-35)25(30-19-31-26)33-12-14-34(15-13-33)27(36)21-8-10-22(11-9-21)28(2,3)29/h5-7,16-17,19,21-22H,4,8-15,18,29H2,1-3H3. The molecule has 1 amide bonds. The van der Waals surface area contributed by atoms with Gasteiger partial charge in [0.25, 0.3) is 0 Å². The van der Waals surface area contributed by atoms with E-state index in [0.717, 1.165) is 66.9 Å². The number of nitrogens with zero attached hydrogens (tertiary/aromatic N) is 6. The average Bonchev–Trinajstić information content (AvgIpc) is 3.31. The lowest BCUT2D eigenvalue weighted by molar-refractivity contribution is -0.137. The van der Waals surface area contributed by atoms with Crippen LogP contribution in [0.5, 0.6) is 5.75 Å². The number of fused-ring (bicyclic) bond motifs is 1. The zero-order valence-electron chi connectivity index (χ0n) is 22.3. The zero-order chi connectivity index (χ0) is 26.0. The normalized spacial score (nSPS) is 20.9. The average molecular weight is 506 g/mol. The first-order valence-corrected chi connectivity index (χ1v) is 13.5. The summed E-state index contributed by atoms with van der Waals surface area (Å²) >= 11 is 0. The summed E-state index contributed by atoms with van der Waals surface area (Å²) in [6.45, 7) is 10.4. The van der Waals surface area contributed by atoms with Crippen molar-refractivity contribution < 1.29 is 9.53 Å². The minimum Gasteiger partial charge on any atom is -0.494 e. The van der Waals surface area contributed by atoms with Crippen molar-refractivity contribution in [3.05, 3.63) is 42.4 Å². The number of benzene rings is 1. The number of amides is 1. The first-order chi connectivity index (χ1) is 17.8. The molecule has 0 unspecified atom stereocenters. The third-order valence-corrected chi connectivity index (χ3v) is 7.97. The lowest BCUT2D eigenvalue weighted by atomic mass is 9.73. The van der Waals surface area contributed by atoms with Crippen molar-refractivity contribution in [3.63, 3.8) is 0 Å². The van der Waals surface area contributed by atoms with E-state index >= 15 is 0 Å². The van der Waals surface area contributed by atoms with Crippen molar-refractivity contribution in [3.8, 4) is 5.75 Å². The van der Waals surface area contributed by atoms with E-state index in [0.29, 0.717) is 38.1 Å². The molecule has 3 heterocycles. The number of rotatable bonds is 7. The molecule has 5 rings (SSSR count). The summed E-state index contributed by atoms with van der Waals surface area (Å²) < 4.78 is 7.55. The fraction of sp³-hybridized carbons (Fsp3) is 0.571. The Morgan fingerprint density at radius 3 is 2.57 bits per heavy atom. The van der Waals surface area contributed by atoms with Gasteiger partial charge >= 0.3 is 0 Å². The van der Waals surface area contributed by atoms with E-state index in [1.165, 1.54) is 0 Å². The highest BCUT2D eigenvalue weighted by atomic mass is 16.5. The third-order valence-electron chi connectivity index (χ3n) is 7.97. The summed E-state index contributed by atoms with van der Waals surface area (Å²) in [5.41, 5.74) is 8.07. The van der Waals surface area contributed by atoms with E-state index in [4.69, 9.17) is 10.5 Å². The van der Waals surface area contributed by atoms with Crippen LogP contribution in [0.4, 0.5) is 5.82 Å². The van der Waals surface area contributed by atoms with Crippen LogP contribution in [0.2, 0.25) is 0 Å². The molecule has 1 saturated heterocycles. The SMILES string of the molecule is CCOc1cccc(Cn2ncc3c(N4CCN(C(=O)C5CCC(C(C)(C)N)CC5)CC4)ncnc32)c1. The van der Waals surface area contributed by atoms with Crippen LogP contribution in [0.25, 0.3) is 11.0 Å². The number of anilines is 1. The summed E-state index contributed by atoms with van der Waals surface area (Å²) in [7, 11) is 0. The Bertz CT molecular complexity index is 1220. The van der Waals surface area contributed by atoms with Crippen LogP contribution in [0.15, 0.2) is 36.8 Å². The molecule has 1 saturated carbocycles. The number of carbonyl (C=O) groups excluding carboxylic acids is 1. The largest absolute Gasteiger partial charge is 0.494 e. The molecule has 3 aromatic rings. The monoisotopic (exact) mass is 505 g/mol. The summed E-state index contributed by atoms with van der Waals surface area (Å²) in [5.74, 6) is 2.69. The van der Waals surface area contributed by atoms with Gasteiger partial charge in [0.1, 0.15) is 17.9 Å². The highest BCUT2D eigenvalue weighted by molar-refractivity contribution is 5.87. The van der Waals surface area contributed by atoms with Gasteiger partial charge in [-0.3, -0.25) is 4.79 Å². The number of carbonyl (C=O) groups is 1. The fourth-order valence-electron chi connectivity index (χ4n) is 5.80. The first-order valence-electron chi connectivity index (χ1n) is 13.5. The van der Waals surface area contributed by atoms with Crippen LogP contribution in [-0.2, 0) is 11.3 Å². The first kappa shape index (κ1) is 25.4. The molecule has 0 spiro atoms. The maximum absolute atomic E-state index is 13.2. The topological polar surface area (TPSA) is 102 Å². The van der Waals surface area contributed by atoms with Crippen molar-refractivity contribution in [1.29, 1.82) is 0 Å². The molecule has 1 aromatic carbocycles. The molecule has 2 aromatic heterocycles. The second kappa shape index (κ2) is 10.7. The minimum atomic E-state index is -0.163. The van der Waals surface area contributed by atoms with E-state index in [2.05, 4.69) is 39.9 Å². The molecule has 198 valence electrons. The molecule has 0 bridgehead atoms. The number of hydrogen-bond acceptors (Lipinski definition) is 7. The number of nitrogens with two attached hydrogens (primary N) is 1. The summed E-state index contributed by atoms with van der Waals surface area (Å²) in [6.07, 6.45) is 7.44. The van der Waals surface area contributed by atoms with Gasteiger partial charge in [0, 0.05) is 37.6 Å². The van der Waals surface area contributed by atoms with Gasteiger partial charge < -0.3 is 20.3 Å². The van der Waals surface area contributed by atoms with Crippen LogP contribution in [0.3, 0.4) is 0 Å². The highest BCUT2D eigenvalue weighted by Crippen LogP contribution is 2.35. The predicted octanol–water partition coefficient (Wildman–Crippen LogP) is 3.47. The van der Waals surface area contributed by atoms with Gasteiger partial charge in [-0.2, -0.15) is 5.10 Å². The Morgan fingerprint density at radius 2 is 1.86 bits per heavy atom. The Hall–Kier alpha value is -3.20. The number of hydrogen-bond donors (Lipinski definition) is 1. The van der Waals surface area contributed by atoms with Gasteiger partial charge in [0.15, 0.2) is 5.65 Å². The van der Waals surface area contributed by atoms with Gasteiger partial charge in [-0.05, 0) is 70.1 Å². The van der Waals surface area contributed by atoms with Gasteiger partial charge in [-0.25, -0.2) is 14.6 Å². The predicted molar refractivity (Wildman–Crippen MR) is 145 cm³/mol. The zero-order valence-corrected chi connectivity index (χ0v) is 22.3. The van der Waals surface area contributed by atoms with Crippen LogP contribution < -0.4 is 15.4 Å². The van der Waals surface area contributed by atoms with Crippen LogP contribution in [0, 0.1) is 11.8 Å². The van der Waals surface area contributed by atoms with Crippen molar-refractivity contribution >= 4 is 22.8 Å². The third kappa shape index (κ3) is 5.56. The maximum atomic E-state index is 13.2. The maximum Gasteiger partial charge on any atom is 0.225 e. The summed E-state index contributed by atoms with van der Waals surface area (Å²) in [4.78, 5) is 26.7. The van der Waals surface area contributed by atoms with Crippen LogP contribution in [0.1, 0.15) is 52.0 Å². The quantitative estimate of drug-likeness (QED) is 0.525.